The summed E-state index contributed by atoms with van der Waals surface area (Å²) >= 11 is 0. The molecule has 1 unspecified atom stereocenters. The summed E-state index contributed by atoms with van der Waals surface area (Å²) in [6.07, 6.45) is 0.703. The molecule has 1 N–H and O–H groups in total. The predicted molar refractivity (Wildman–Crippen MR) is 68.9 cm³/mol. The number of hydrogen-bond donors (Lipinski definition) is 1. The van der Waals surface area contributed by atoms with Gasteiger partial charge in [0, 0.05) is 19.7 Å². The molecule has 1 aromatic rings. The van der Waals surface area contributed by atoms with Crippen LogP contribution in [-0.2, 0) is 9.53 Å². The number of halogens is 2. The van der Waals surface area contributed by atoms with Crippen molar-refractivity contribution in [1.82, 2.24) is 4.90 Å². The molecule has 1 aliphatic rings. The van der Waals surface area contributed by atoms with Crippen molar-refractivity contribution < 1.29 is 28.2 Å². The summed E-state index contributed by atoms with van der Waals surface area (Å²) in [7, 11) is 1.34. The molecule has 0 bridgehead atoms. The van der Waals surface area contributed by atoms with Crippen molar-refractivity contribution in [2.24, 2.45) is 0 Å². The number of carboxylic acid groups (broad SMARTS) is 1. The maximum atomic E-state index is 13.7. The number of carbonyl (C=O) groups is 2. The normalized spacial score (nSPS) is 21.6. The minimum Gasteiger partial charge on any atom is -0.479 e. The third-order valence-corrected chi connectivity index (χ3v) is 3.68. The van der Waals surface area contributed by atoms with Crippen LogP contribution < -0.4 is 0 Å². The summed E-state index contributed by atoms with van der Waals surface area (Å²) in [5.74, 6) is -3.78. The molecular weight excluding hydrogens is 284 g/mol. The van der Waals surface area contributed by atoms with Gasteiger partial charge in [0.05, 0.1) is 12.2 Å². The van der Waals surface area contributed by atoms with E-state index in [1.54, 1.807) is 0 Å². The predicted octanol–water partition coefficient (Wildman–Crippen LogP) is 1.67. The van der Waals surface area contributed by atoms with Gasteiger partial charge in [0.1, 0.15) is 11.6 Å². The largest absolute Gasteiger partial charge is 0.479 e. The zero-order valence-electron chi connectivity index (χ0n) is 11.4. The smallest absolute Gasteiger partial charge is 0.332 e. The van der Waals surface area contributed by atoms with Crippen LogP contribution in [0, 0.1) is 11.6 Å². The number of ether oxygens (including phenoxy) is 1. The maximum Gasteiger partial charge on any atom is 0.332 e. The number of aliphatic carboxylic acids is 1. The van der Waals surface area contributed by atoms with Crippen molar-refractivity contribution in [1.29, 1.82) is 0 Å². The van der Waals surface area contributed by atoms with Crippen molar-refractivity contribution in [3.8, 4) is 0 Å². The first-order chi connectivity index (χ1) is 9.92. The maximum absolute atomic E-state index is 13.7. The molecule has 0 aliphatic carbocycles. The lowest BCUT2D eigenvalue weighted by Crippen LogP contribution is -2.56. The van der Waals surface area contributed by atoms with Crippen LogP contribution in [0.15, 0.2) is 18.2 Å². The Labute approximate surface area is 120 Å². The van der Waals surface area contributed by atoms with Crippen molar-refractivity contribution >= 4 is 11.9 Å². The highest BCUT2D eigenvalue weighted by atomic mass is 19.1. The molecule has 114 valence electrons. The number of likely N-dealkylation sites (tertiary alicyclic amines) is 1. The van der Waals surface area contributed by atoms with E-state index in [-0.39, 0.29) is 25.1 Å². The van der Waals surface area contributed by atoms with E-state index < -0.39 is 29.0 Å². The molecule has 5 nitrogen and oxygen atoms in total. The minimum absolute atomic E-state index is 0.184. The van der Waals surface area contributed by atoms with Gasteiger partial charge < -0.3 is 14.7 Å². The van der Waals surface area contributed by atoms with Crippen LogP contribution in [0.2, 0.25) is 0 Å². The topological polar surface area (TPSA) is 66.8 Å². The molecule has 1 aromatic carbocycles. The number of nitrogens with zero attached hydrogens (tertiary/aromatic N) is 1. The van der Waals surface area contributed by atoms with E-state index in [4.69, 9.17) is 4.74 Å². The highest BCUT2D eigenvalue weighted by Crippen LogP contribution is 2.32. The van der Waals surface area contributed by atoms with Crippen molar-refractivity contribution in [3.05, 3.63) is 35.4 Å². The second-order valence-electron chi connectivity index (χ2n) is 4.95. The Morgan fingerprint density at radius 1 is 1.43 bits per heavy atom. The van der Waals surface area contributed by atoms with Crippen molar-refractivity contribution in [3.63, 3.8) is 0 Å². The van der Waals surface area contributed by atoms with Gasteiger partial charge in [0.15, 0.2) is 5.54 Å². The molecule has 1 saturated heterocycles. The van der Waals surface area contributed by atoms with E-state index in [1.165, 1.54) is 7.11 Å². The Bertz CT molecular complexity index is 578. The molecule has 0 aromatic heterocycles. The first-order valence-corrected chi connectivity index (χ1v) is 6.42. The number of carbonyl (C=O) groups excluding carboxylic acids is 1. The second kappa shape index (κ2) is 5.77. The van der Waals surface area contributed by atoms with Crippen molar-refractivity contribution in [2.75, 3.05) is 20.3 Å². The molecule has 1 atom stereocenters. The molecule has 0 radical (unpaired) electrons. The summed E-state index contributed by atoms with van der Waals surface area (Å²) < 4.78 is 31.6. The van der Waals surface area contributed by atoms with Gasteiger partial charge in [-0.15, -0.1) is 0 Å². The van der Waals surface area contributed by atoms with Crippen LogP contribution in [0.25, 0.3) is 0 Å². The number of methoxy groups -OCH3 is 1. The fraction of sp³-hybridized carbons (Fsp3) is 0.429. The van der Waals surface area contributed by atoms with Gasteiger partial charge in [0.25, 0.3) is 5.91 Å². The minimum atomic E-state index is -1.51. The van der Waals surface area contributed by atoms with E-state index >= 15 is 0 Å². The molecule has 1 amide bonds. The van der Waals surface area contributed by atoms with Crippen molar-refractivity contribution in [2.45, 2.75) is 18.4 Å². The van der Waals surface area contributed by atoms with Crippen LogP contribution in [0.1, 0.15) is 23.2 Å². The molecule has 21 heavy (non-hydrogen) atoms. The summed E-state index contributed by atoms with van der Waals surface area (Å²) in [5.41, 5.74) is -1.85. The third kappa shape index (κ3) is 2.61. The molecule has 2 rings (SSSR count). The highest BCUT2D eigenvalue weighted by molar-refractivity contribution is 5.98. The Morgan fingerprint density at radius 2 is 2.14 bits per heavy atom. The van der Waals surface area contributed by atoms with Gasteiger partial charge in [-0.25, -0.2) is 13.6 Å². The molecule has 1 aliphatic heterocycles. The zero-order chi connectivity index (χ0) is 15.6. The molecule has 1 heterocycles. The third-order valence-electron chi connectivity index (χ3n) is 3.68. The van der Waals surface area contributed by atoms with Crippen LogP contribution in [-0.4, -0.2) is 47.7 Å². The van der Waals surface area contributed by atoms with E-state index in [0.717, 1.165) is 17.0 Å². The van der Waals surface area contributed by atoms with Gasteiger partial charge in [-0.1, -0.05) is 0 Å². The molecule has 1 fully saturated rings. The SMILES string of the molecule is COCC1(C(=O)O)CCCN1C(=O)c1ccc(F)cc1F. The second-order valence-corrected chi connectivity index (χ2v) is 4.95. The summed E-state index contributed by atoms with van der Waals surface area (Å²) in [4.78, 5) is 25.1. The number of hydrogen-bond acceptors (Lipinski definition) is 3. The van der Waals surface area contributed by atoms with E-state index in [2.05, 4.69) is 0 Å². The molecule has 7 heteroatoms. The van der Waals surface area contributed by atoms with Crippen LogP contribution in [0.5, 0.6) is 0 Å². The fourth-order valence-electron chi connectivity index (χ4n) is 2.66. The highest BCUT2D eigenvalue weighted by Gasteiger charge is 2.50. The van der Waals surface area contributed by atoms with E-state index in [0.29, 0.717) is 12.5 Å². The molecular formula is C14H15F2NO4. The summed E-state index contributed by atoms with van der Waals surface area (Å²) in [6, 6.07) is 2.58. The quantitative estimate of drug-likeness (QED) is 0.918. The van der Waals surface area contributed by atoms with E-state index in [1.807, 2.05) is 0 Å². The Balaban J connectivity index is 2.39. The lowest BCUT2D eigenvalue weighted by Gasteiger charge is -2.34. The number of carboxylic acids is 1. The first-order valence-electron chi connectivity index (χ1n) is 6.42. The number of rotatable bonds is 4. The Morgan fingerprint density at radius 3 is 2.71 bits per heavy atom. The van der Waals surface area contributed by atoms with Crippen LogP contribution in [0.4, 0.5) is 8.78 Å². The van der Waals surface area contributed by atoms with Gasteiger partial charge in [-0.05, 0) is 25.0 Å². The lowest BCUT2D eigenvalue weighted by molar-refractivity contribution is -0.151. The number of benzene rings is 1. The molecule has 0 saturated carbocycles. The van der Waals surface area contributed by atoms with Gasteiger partial charge >= 0.3 is 5.97 Å². The monoisotopic (exact) mass is 299 g/mol. The van der Waals surface area contributed by atoms with E-state index in [9.17, 15) is 23.5 Å². The standard InChI is InChI=1S/C14H15F2NO4/c1-21-8-14(13(19)20)5-2-6-17(14)12(18)10-4-3-9(15)7-11(10)16/h3-4,7H,2,5-6,8H2,1H3,(H,19,20). The summed E-state index contributed by atoms with van der Waals surface area (Å²) in [5, 5.41) is 9.45. The summed E-state index contributed by atoms with van der Waals surface area (Å²) in [6.45, 7) is 0.00218. The van der Waals surface area contributed by atoms with Gasteiger partial charge in [-0.3, -0.25) is 4.79 Å². The zero-order valence-corrected chi connectivity index (χ0v) is 11.4. The van der Waals surface area contributed by atoms with Gasteiger partial charge in [-0.2, -0.15) is 0 Å². The average molecular weight is 299 g/mol. The fourth-order valence-corrected chi connectivity index (χ4v) is 2.66. The Hall–Kier alpha value is -2.02. The number of amides is 1. The average Bonchev–Trinajstić information content (AvgIpc) is 2.83. The first kappa shape index (κ1) is 15.4. The lowest BCUT2D eigenvalue weighted by atomic mass is 9.96. The van der Waals surface area contributed by atoms with Crippen LogP contribution >= 0.6 is 0 Å². The Kier molecular flexibility index (Phi) is 4.22. The van der Waals surface area contributed by atoms with Crippen LogP contribution in [0.3, 0.4) is 0 Å². The van der Waals surface area contributed by atoms with Gasteiger partial charge in [0.2, 0.25) is 0 Å². The molecule has 0 spiro atoms.